The fourth-order valence-electron chi connectivity index (χ4n) is 1.74. The molecule has 0 amide bonds. The van der Waals surface area contributed by atoms with Crippen LogP contribution in [0, 0.1) is 13.8 Å². The lowest BCUT2D eigenvalue weighted by atomic mass is 10.1. The number of ether oxygens (including phenoxy) is 1. The Hall–Kier alpha value is -0.800. The summed E-state index contributed by atoms with van der Waals surface area (Å²) in [5.74, 6) is 1.94. The molecule has 0 spiro atoms. The molecule has 3 nitrogen and oxygen atoms in total. The van der Waals surface area contributed by atoms with Crippen molar-refractivity contribution >= 4 is 0 Å². The van der Waals surface area contributed by atoms with Gasteiger partial charge in [-0.25, -0.2) is 0 Å². The highest BCUT2D eigenvalue weighted by Crippen LogP contribution is 2.21. The molecule has 86 valence electrons. The van der Waals surface area contributed by atoms with E-state index in [4.69, 9.17) is 9.15 Å². The fraction of sp³-hybridized carbons (Fsp3) is 0.667. The van der Waals surface area contributed by atoms with E-state index in [1.54, 1.807) is 7.11 Å². The quantitative estimate of drug-likeness (QED) is 0.785. The van der Waals surface area contributed by atoms with Crippen LogP contribution in [-0.4, -0.2) is 20.3 Å². The molecule has 0 aliphatic heterocycles. The molecule has 1 aromatic rings. The van der Waals surface area contributed by atoms with Crippen LogP contribution >= 0.6 is 0 Å². The van der Waals surface area contributed by atoms with Gasteiger partial charge in [0, 0.05) is 12.7 Å². The molecule has 1 heterocycles. The summed E-state index contributed by atoms with van der Waals surface area (Å²) in [6.45, 7) is 7.81. The number of rotatable bonds is 6. The van der Waals surface area contributed by atoms with Gasteiger partial charge in [-0.2, -0.15) is 0 Å². The standard InChI is InChI=1S/C12H21NO2/c1-5-6-13-12(8-14-4)11-7-9(2)15-10(11)3/h7,12-13H,5-6,8H2,1-4H3. The zero-order chi connectivity index (χ0) is 11.3. The van der Waals surface area contributed by atoms with E-state index < -0.39 is 0 Å². The highest BCUT2D eigenvalue weighted by molar-refractivity contribution is 5.24. The Morgan fingerprint density at radius 1 is 1.47 bits per heavy atom. The first-order valence-electron chi connectivity index (χ1n) is 5.48. The highest BCUT2D eigenvalue weighted by Gasteiger charge is 2.15. The minimum absolute atomic E-state index is 0.243. The van der Waals surface area contributed by atoms with Crippen LogP contribution in [0.25, 0.3) is 0 Å². The average molecular weight is 211 g/mol. The summed E-state index contributed by atoms with van der Waals surface area (Å²) < 4.78 is 10.7. The van der Waals surface area contributed by atoms with Crippen LogP contribution in [-0.2, 0) is 4.74 Å². The molecule has 1 rings (SSSR count). The zero-order valence-electron chi connectivity index (χ0n) is 10.1. The lowest BCUT2D eigenvalue weighted by Gasteiger charge is -2.16. The van der Waals surface area contributed by atoms with Gasteiger partial charge < -0.3 is 14.5 Å². The topological polar surface area (TPSA) is 34.4 Å². The predicted molar refractivity (Wildman–Crippen MR) is 61.1 cm³/mol. The van der Waals surface area contributed by atoms with Crippen LogP contribution in [0.1, 0.15) is 36.5 Å². The van der Waals surface area contributed by atoms with Gasteiger partial charge in [0.2, 0.25) is 0 Å². The first-order valence-corrected chi connectivity index (χ1v) is 5.48. The summed E-state index contributed by atoms with van der Waals surface area (Å²) in [4.78, 5) is 0. The first-order chi connectivity index (χ1) is 7.19. The van der Waals surface area contributed by atoms with Crippen LogP contribution in [0.4, 0.5) is 0 Å². The Bertz CT molecular complexity index is 294. The third-order valence-corrected chi connectivity index (χ3v) is 2.43. The molecule has 1 N–H and O–H groups in total. The minimum Gasteiger partial charge on any atom is -0.466 e. The molecule has 3 heteroatoms. The van der Waals surface area contributed by atoms with Crippen molar-refractivity contribution in [1.29, 1.82) is 0 Å². The van der Waals surface area contributed by atoms with E-state index in [2.05, 4.69) is 18.3 Å². The van der Waals surface area contributed by atoms with Gasteiger partial charge in [-0.3, -0.25) is 0 Å². The number of nitrogens with one attached hydrogen (secondary N) is 1. The van der Waals surface area contributed by atoms with Crippen molar-refractivity contribution in [2.75, 3.05) is 20.3 Å². The van der Waals surface area contributed by atoms with Gasteiger partial charge in [0.1, 0.15) is 11.5 Å². The molecule has 1 unspecified atom stereocenters. The van der Waals surface area contributed by atoms with E-state index in [1.165, 1.54) is 5.56 Å². The molecule has 1 aromatic heterocycles. The smallest absolute Gasteiger partial charge is 0.105 e. The molecule has 0 aliphatic carbocycles. The summed E-state index contributed by atoms with van der Waals surface area (Å²) in [5.41, 5.74) is 1.21. The van der Waals surface area contributed by atoms with Crippen molar-refractivity contribution in [3.8, 4) is 0 Å². The fourth-order valence-corrected chi connectivity index (χ4v) is 1.74. The maximum Gasteiger partial charge on any atom is 0.105 e. The van der Waals surface area contributed by atoms with Crippen LogP contribution < -0.4 is 5.32 Å². The van der Waals surface area contributed by atoms with Gasteiger partial charge in [0.25, 0.3) is 0 Å². The van der Waals surface area contributed by atoms with E-state index in [-0.39, 0.29) is 6.04 Å². The highest BCUT2D eigenvalue weighted by atomic mass is 16.5. The monoisotopic (exact) mass is 211 g/mol. The lowest BCUT2D eigenvalue weighted by molar-refractivity contribution is 0.166. The summed E-state index contributed by atoms with van der Waals surface area (Å²) in [5, 5.41) is 3.46. The molecule has 0 radical (unpaired) electrons. The van der Waals surface area contributed by atoms with E-state index in [0.29, 0.717) is 6.61 Å². The van der Waals surface area contributed by atoms with Crippen LogP contribution in [0.3, 0.4) is 0 Å². The molecule has 1 atom stereocenters. The van der Waals surface area contributed by atoms with E-state index >= 15 is 0 Å². The number of furan rings is 1. The second-order valence-corrected chi connectivity index (χ2v) is 3.83. The van der Waals surface area contributed by atoms with Crippen molar-refractivity contribution in [3.05, 3.63) is 23.2 Å². The molecule has 0 aliphatic rings. The summed E-state index contributed by atoms with van der Waals surface area (Å²) >= 11 is 0. The van der Waals surface area contributed by atoms with Crippen molar-refractivity contribution in [2.24, 2.45) is 0 Å². The van der Waals surface area contributed by atoms with Crippen LogP contribution in [0.15, 0.2) is 10.5 Å². The van der Waals surface area contributed by atoms with Gasteiger partial charge in [-0.1, -0.05) is 6.92 Å². The lowest BCUT2D eigenvalue weighted by Crippen LogP contribution is -2.26. The molecule has 0 bridgehead atoms. The Labute approximate surface area is 91.8 Å². The van der Waals surface area contributed by atoms with E-state index in [0.717, 1.165) is 24.5 Å². The summed E-state index contributed by atoms with van der Waals surface area (Å²) in [6.07, 6.45) is 1.12. The van der Waals surface area contributed by atoms with Crippen LogP contribution in [0.5, 0.6) is 0 Å². The van der Waals surface area contributed by atoms with Crippen molar-refractivity contribution in [1.82, 2.24) is 5.32 Å². The van der Waals surface area contributed by atoms with Crippen molar-refractivity contribution in [2.45, 2.75) is 33.2 Å². The Balaban J connectivity index is 2.73. The Kier molecular flexibility index (Phi) is 4.85. The number of methoxy groups -OCH3 is 1. The third-order valence-electron chi connectivity index (χ3n) is 2.43. The SMILES string of the molecule is CCCNC(COC)c1cc(C)oc1C. The molecule has 0 saturated heterocycles. The second kappa shape index (κ2) is 5.93. The number of hydrogen-bond donors (Lipinski definition) is 1. The normalized spacial score (nSPS) is 13.1. The maximum atomic E-state index is 5.53. The molecular formula is C12H21NO2. The molecule has 0 saturated carbocycles. The van der Waals surface area contributed by atoms with Gasteiger partial charge >= 0.3 is 0 Å². The van der Waals surface area contributed by atoms with E-state index in [1.807, 2.05) is 13.8 Å². The van der Waals surface area contributed by atoms with Gasteiger partial charge in [0.05, 0.1) is 12.6 Å². The van der Waals surface area contributed by atoms with Gasteiger partial charge in [0.15, 0.2) is 0 Å². The molecule has 0 fully saturated rings. The molecule has 0 aromatic carbocycles. The van der Waals surface area contributed by atoms with Crippen molar-refractivity contribution < 1.29 is 9.15 Å². The third kappa shape index (κ3) is 3.36. The van der Waals surface area contributed by atoms with Crippen molar-refractivity contribution in [3.63, 3.8) is 0 Å². The Morgan fingerprint density at radius 3 is 2.67 bits per heavy atom. The zero-order valence-corrected chi connectivity index (χ0v) is 10.1. The number of hydrogen-bond acceptors (Lipinski definition) is 3. The Morgan fingerprint density at radius 2 is 2.20 bits per heavy atom. The predicted octanol–water partition coefficient (Wildman–Crippen LogP) is 2.58. The molecule has 15 heavy (non-hydrogen) atoms. The van der Waals surface area contributed by atoms with Gasteiger partial charge in [-0.05, 0) is 32.9 Å². The van der Waals surface area contributed by atoms with Gasteiger partial charge in [-0.15, -0.1) is 0 Å². The van der Waals surface area contributed by atoms with Crippen LogP contribution in [0.2, 0.25) is 0 Å². The summed E-state index contributed by atoms with van der Waals surface area (Å²) in [6, 6.07) is 2.33. The largest absolute Gasteiger partial charge is 0.466 e. The average Bonchev–Trinajstić information content (AvgIpc) is 2.52. The second-order valence-electron chi connectivity index (χ2n) is 3.83. The number of aryl methyl sites for hydroxylation is 2. The van der Waals surface area contributed by atoms with E-state index in [9.17, 15) is 0 Å². The maximum absolute atomic E-state index is 5.53. The molecular weight excluding hydrogens is 190 g/mol. The first kappa shape index (κ1) is 12.3. The minimum atomic E-state index is 0.243. The summed E-state index contributed by atoms with van der Waals surface area (Å²) in [7, 11) is 1.73.